The molecular formula is C30H31F6N5O4. The van der Waals surface area contributed by atoms with E-state index in [9.17, 15) is 35.9 Å². The summed E-state index contributed by atoms with van der Waals surface area (Å²) in [5.74, 6) is -3.11. The second-order valence-corrected chi connectivity index (χ2v) is 10.4. The highest BCUT2D eigenvalue weighted by Crippen LogP contribution is 2.29. The fourth-order valence-corrected chi connectivity index (χ4v) is 4.80. The van der Waals surface area contributed by atoms with E-state index in [4.69, 9.17) is 15.2 Å². The first-order valence-electron chi connectivity index (χ1n) is 13.9. The van der Waals surface area contributed by atoms with Crippen LogP contribution >= 0.6 is 0 Å². The van der Waals surface area contributed by atoms with Crippen LogP contribution in [0.15, 0.2) is 60.9 Å². The van der Waals surface area contributed by atoms with Crippen molar-refractivity contribution < 1.29 is 45.4 Å². The quantitative estimate of drug-likeness (QED) is 0.232. The van der Waals surface area contributed by atoms with Crippen LogP contribution in [0.2, 0.25) is 0 Å². The summed E-state index contributed by atoms with van der Waals surface area (Å²) in [7, 11) is 0. The maximum atomic E-state index is 14.9. The minimum atomic E-state index is -4.56. The Morgan fingerprint density at radius 3 is 2.20 bits per heavy atom. The third-order valence-electron chi connectivity index (χ3n) is 7.12. The zero-order chi connectivity index (χ0) is 32.6. The monoisotopic (exact) mass is 639 g/mol. The molecule has 0 saturated carbocycles. The minimum Gasteiger partial charge on any atom is -0.448 e. The van der Waals surface area contributed by atoms with Crippen molar-refractivity contribution in [2.24, 2.45) is 5.73 Å². The van der Waals surface area contributed by atoms with Crippen LogP contribution in [0.1, 0.15) is 29.0 Å². The first-order chi connectivity index (χ1) is 21.4. The molecule has 9 nitrogen and oxygen atoms in total. The minimum absolute atomic E-state index is 0.0860. The van der Waals surface area contributed by atoms with Crippen LogP contribution in [-0.2, 0) is 20.7 Å². The molecule has 3 atom stereocenters. The normalized spacial score (nSPS) is 17.5. The van der Waals surface area contributed by atoms with Gasteiger partial charge in [0.05, 0.1) is 42.9 Å². The standard InChI is InChI=1S/C30H31F6N5O4/c31-19-5-1-17(2-6-19)26(18-3-7-20(32)8-4-18)27(37)28(42)41-25-13-38-12-24(33)23(25)10-9-22-11-39-21(14-44-22)15-45-29(43)40-16-30(34,35)36/h1-8,12-13,21-22,26-27,39H,9-11,14-16,37H2,(H,40,43)(H,41,42)/t21?,22-,27+/m1/s1. The van der Waals surface area contributed by atoms with Crippen LogP contribution < -0.4 is 21.7 Å². The van der Waals surface area contributed by atoms with Gasteiger partial charge < -0.3 is 31.2 Å². The van der Waals surface area contributed by atoms with E-state index in [-0.39, 0.29) is 43.5 Å². The van der Waals surface area contributed by atoms with Crippen molar-refractivity contribution in [1.29, 1.82) is 0 Å². The zero-order valence-corrected chi connectivity index (χ0v) is 23.8. The number of halogens is 6. The number of nitrogens with zero attached hydrogens (tertiary/aromatic N) is 1. The zero-order valence-electron chi connectivity index (χ0n) is 23.8. The van der Waals surface area contributed by atoms with E-state index in [1.54, 1.807) is 5.32 Å². The van der Waals surface area contributed by atoms with Crippen molar-refractivity contribution in [3.05, 3.63) is 95.1 Å². The van der Waals surface area contributed by atoms with Gasteiger partial charge in [-0.1, -0.05) is 24.3 Å². The SMILES string of the molecule is N[C@H](C(=O)Nc1cncc(F)c1CC[C@@H]1CNC(COC(=O)NCC(F)(F)F)CO1)C(c1ccc(F)cc1)c1ccc(F)cc1. The number of carbonyl (C=O) groups excluding carboxylic acids is 2. The first-order valence-corrected chi connectivity index (χ1v) is 13.9. The molecular weight excluding hydrogens is 608 g/mol. The van der Waals surface area contributed by atoms with Crippen LogP contribution in [0.4, 0.5) is 36.8 Å². The lowest BCUT2D eigenvalue weighted by Crippen LogP contribution is -2.49. The number of ether oxygens (including phenoxy) is 2. The predicted octanol–water partition coefficient (Wildman–Crippen LogP) is 4.17. The van der Waals surface area contributed by atoms with Gasteiger partial charge in [-0.2, -0.15) is 13.2 Å². The molecule has 1 aliphatic rings. The topological polar surface area (TPSA) is 128 Å². The third kappa shape index (κ3) is 9.89. The molecule has 1 aromatic heterocycles. The molecule has 5 N–H and O–H groups in total. The Morgan fingerprint density at radius 2 is 1.64 bits per heavy atom. The number of carbonyl (C=O) groups is 2. The highest BCUT2D eigenvalue weighted by atomic mass is 19.4. The van der Waals surface area contributed by atoms with E-state index < -0.39 is 60.2 Å². The van der Waals surface area contributed by atoms with Gasteiger partial charge in [-0.05, 0) is 48.2 Å². The van der Waals surface area contributed by atoms with Gasteiger partial charge in [0.1, 0.15) is 30.6 Å². The molecule has 1 aliphatic heterocycles. The molecule has 1 unspecified atom stereocenters. The van der Waals surface area contributed by atoms with E-state index in [0.29, 0.717) is 17.5 Å². The Hall–Kier alpha value is -4.21. The van der Waals surface area contributed by atoms with E-state index in [1.807, 2.05) is 0 Å². The molecule has 0 aliphatic carbocycles. The molecule has 0 radical (unpaired) electrons. The van der Waals surface area contributed by atoms with Crippen molar-refractivity contribution in [1.82, 2.24) is 15.6 Å². The maximum Gasteiger partial charge on any atom is 0.407 e. The van der Waals surface area contributed by atoms with Crippen molar-refractivity contribution in [3.63, 3.8) is 0 Å². The van der Waals surface area contributed by atoms with Gasteiger partial charge in [-0.3, -0.25) is 9.78 Å². The molecule has 3 aromatic rings. The van der Waals surface area contributed by atoms with E-state index in [0.717, 1.165) is 6.20 Å². The molecule has 4 rings (SSSR count). The Labute approximate surface area is 254 Å². The largest absolute Gasteiger partial charge is 0.448 e. The summed E-state index contributed by atoms with van der Waals surface area (Å²) in [4.78, 5) is 28.6. The van der Waals surface area contributed by atoms with Crippen LogP contribution in [0, 0.1) is 17.5 Å². The predicted molar refractivity (Wildman–Crippen MR) is 151 cm³/mol. The van der Waals surface area contributed by atoms with Crippen molar-refractivity contribution in [2.75, 3.05) is 31.6 Å². The lowest BCUT2D eigenvalue weighted by Gasteiger charge is -2.30. The molecule has 45 heavy (non-hydrogen) atoms. The van der Waals surface area contributed by atoms with E-state index in [1.165, 1.54) is 54.7 Å². The van der Waals surface area contributed by atoms with Gasteiger partial charge in [0.15, 0.2) is 0 Å². The average Bonchev–Trinajstić information content (AvgIpc) is 3.01. The fourth-order valence-electron chi connectivity index (χ4n) is 4.80. The molecule has 1 saturated heterocycles. The van der Waals surface area contributed by atoms with Crippen LogP contribution in [0.5, 0.6) is 0 Å². The Balaban J connectivity index is 1.35. The number of nitrogens with one attached hydrogen (secondary N) is 3. The molecule has 1 fully saturated rings. The number of hydrogen-bond donors (Lipinski definition) is 4. The van der Waals surface area contributed by atoms with Gasteiger partial charge in [0.25, 0.3) is 0 Å². The second-order valence-electron chi connectivity index (χ2n) is 10.4. The number of hydrogen-bond acceptors (Lipinski definition) is 7. The third-order valence-corrected chi connectivity index (χ3v) is 7.12. The average molecular weight is 640 g/mol. The van der Waals surface area contributed by atoms with E-state index >= 15 is 0 Å². The van der Waals surface area contributed by atoms with E-state index in [2.05, 4.69) is 15.6 Å². The number of pyridine rings is 1. The smallest absolute Gasteiger partial charge is 0.407 e. The summed E-state index contributed by atoms with van der Waals surface area (Å²) in [5.41, 5.74) is 7.66. The Kier molecular flexibility index (Phi) is 11.4. The number of amides is 2. The van der Waals surface area contributed by atoms with Gasteiger partial charge in [-0.25, -0.2) is 18.0 Å². The Morgan fingerprint density at radius 1 is 1.02 bits per heavy atom. The fraction of sp³-hybridized carbons (Fsp3) is 0.367. The highest BCUT2D eigenvalue weighted by Gasteiger charge is 2.30. The van der Waals surface area contributed by atoms with Crippen LogP contribution in [-0.4, -0.2) is 67.7 Å². The molecule has 2 heterocycles. The molecule has 0 bridgehead atoms. The van der Waals surface area contributed by atoms with Crippen molar-refractivity contribution in [2.45, 2.75) is 43.1 Å². The van der Waals surface area contributed by atoms with Gasteiger partial charge in [0.2, 0.25) is 5.91 Å². The van der Waals surface area contributed by atoms with Crippen molar-refractivity contribution >= 4 is 17.7 Å². The summed E-state index contributed by atoms with van der Waals surface area (Å²) in [6, 6.07) is 9.09. The maximum absolute atomic E-state index is 14.9. The lowest BCUT2D eigenvalue weighted by atomic mass is 9.85. The number of nitrogens with two attached hydrogens (primary N) is 1. The van der Waals surface area contributed by atoms with Crippen molar-refractivity contribution in [3.8, 4) is 0 Å². The first kappa shape index (κ1) is 33.7. The van der Waals surface area contributed by atoms with Crippen LogP contribution in [0.25, 0.3) is 0 Å². The number of alkyl halides is 3. The number of morpholine rings is 1. The second kappa shape index (κ2) is 15.2. The summed E-state index contributed by atoms with van der Waals surface area (Å²) in [6.07, 6.45) is -3.42. The molecule has 242 valence electrons. The molecule has 15 heteroatoms. The number of benzene rings is 2. The van der Waals surface area contributed by atoms with Crippen LogP contribution in [0.3, 0.4) is 0 Å². The summed E-state index contributed by atoms with van der Waals surface area (Å²) in [5, 5.41) is 7.31. The summed E-state index contributed by atoms with van der Waals surface area (Å²) < 4.78 is 89.3. The van der Waals surface area contributed by atoms with Gasteiger partial charge in [0, 0.05) is 18.0 Å². The summed E-state index contributed by atoms with van der Waals surface area (Å²) in [6.45, 7) is -1.36. The molecule has 2 amide bonds. The number of rotatable bonds is 11. The summed E-state index contributed by atoms with van der Waals surface area (Å²) >= 11 is 0. The highest BCUT2D eigenvalue weighted by molar-refractivity contribution is 5.96. The van der Waals surface area contributed by atoms with Gasteiger partial charge >= 0.3 is 12.3 Å². The molecule has 0 spiro atoms. The lowest BCUT2D eigenvalue weighted by molar-refractivity contribution is -0.124. The number of anilines is 1. The molecule has 2 aromatic carbocycles. The Bertz CT molecular complexity index is 1390. The number of aromatic nitrogens is 1. The van der Waals surface area contributed by atoms with Gasteiger partial charge in [-0.15, -0.1) is 0 Å². The number of alkyl carbamates (subject to hydrolysis) is 1.